The summed E-state index contributed by atoms with van der Waals surface area (Å²) in [6, 6.07) is 1.56. The third-order valence-corrected chi connectivity index (χ3v) is 6.09. The summed E-state index contributed by atoms with van der Waals surface area (Å²) in [6.07, 6.45) is 9.97. The van der Waals surface area contributed by atoms with Gasteiger partial charge in [-0.3, -0.25) is 0 Å². The highest BCUT2D eigenvalue weighted by Crippen LogP contribution is 2.35. The van der Waals surface area contributed by atoms with E-state index in [2.05, 4.69) is 37.9 Å². The topological polar surface area (TPSA) is 15.3 Å². The second-order valence-corrected chi connectivity index (χ2v) is 7.93. The first-order valence-corrected chi connectivity index (χ1v) is 9.59. The van der Waals surface area contributed by atoms with Crippen LogP contribution in [0.4, 0.5) is 0 Å². The average Bonchev–Trinajstić information content (AvgIpc) is 2.66. The summed E-state index contributed by atoms with van der Waals surface area (Å²) < 4.78 is 0. The highest BCUT2D eigenvalue weighted by Gasteiger charge is 2.33. The predicted molar refractivity (Wildman–Crippen MR) is 92.6 cm³/mol. The van der Waals surface area contributed by atoms with E-state index in [0.29, 0.717) is 0 Å². The van der Waals surface area contributed by atoms with Gasteiger partial charge >= 0.3 is 0 Å². The van der Waals surface area contributed by atoms with Crippen LogP contribution in [0.5, 0.6) is 0 Å². The molecule has 4 atom stereocenters. The SMILES string of the molecule is CCNC1CCC(C(C)C)CC1CN1CCCCCC1C. The van der Waals surface area contributed by atoms with Crippen molar-refractivity contribution in [3.8, 4) is 0 Å². The molecule has 0 aromatic carbocycles. The molecular formula is C19H38N2. The maximum absolute atomic E-state index is 3.79. The molecule has 0 aromatic heterocycles. The minimum absolute atomic E-state index is 0.764. The molecule has 1 saturated heterocycles. The normalized spacial score (nSPS) is 35.9. The quantitative estimate of drug-likeness (QED) is 0.813. The molecule has 2 aliphatic rings. The van der Waals surface area contributed by atoms with E-state index in [-0.39, 0.29) is 0 Å². The zero-order valence-electron chi connectivity index (χ0n) is 14.9. The highest BCUT2D eigenvalue weighted by atomic mass is 15.2. The van der Waals surface area contributed by atoms with Crippen LogP contribution in [0.15, 0.2) is 0 Å². The van der Waals surface area contributed by atoms with E-state index in [9.17, 15) is 0 Å². The lowest BCUT2D eigenvalue weighted by atomic mass is 9.73. The molecule has 21 heavy (non-hydrogen) atoms. The Balaban J connectivity index is 1.97. The fourth-order valence-electron chi connectivity index (χ4n) is 4.55. The molecular weight excluding hydrogens is 256 g/mol. The number of hydrogen-bond donors (Lipinski definition) is 1. The Labute approximate surface area is 133 Å². The van der Waals surface area contributed by atoms with Gasteiger partial charge in [-0.1, -0.05) is 33.6 Å². The molecule has 2 fully saturated rings. The molecule has 1 aliphatic heterocycles. The van der Waals surface area contributed by atoms with Crippen LogP contribution in [0.1, 0.15) is 72.6 Å². The van der Waals surface area contributed by atoms with Gasteiger partial charge in [0.05, 0.1) is 0 Å². The Morgan fingerprint density at radius 2 is 1.90 bits per heavy atom. The van der Waals surface area contributed by atoms with Gasteiger partial charge in [0.2, 0.25) is 0 Å². The van der Waals surface area contributed by atoms with Gasteiger partial charge in [-0.2, -0.15) is 0 Å². The molecule has 0 spiro atoms. The van der Waals surface area contributed by atoms with Crippen LogP contribution in [0, 0.1) is 17.8 Å². The second-order valence-electron chi connectivity index (χ2n) is 7.93. The first kappa shape index (κ1) is 17.3. The smallest absolute Gasteiger partial charge is 0.0108 e. The summed E-state index contributed by atoms with van der Waals surface area (Å²) in [5, 5.41) is 3.79. The fraction of sp³-hybridized carbons (Fsp3) is 1.00. The van der Waals surface area contributed by atoms with Crippen LogP contribution in [-0.2, 0) is 0 Å². The Hall–Kier alpha value is -0.0800. The predicted octanol–water partition coefficient (Wildman–Crippen LogP) is 4.30. The zero-order valence-corrected chi connectivity index (χ0v) is 14.9. The van der Waals surface area contributed by atoms with Gasteiger partial charge in [0, 0.05) is 18.6 Å². The second kappa shape index (κ2) is 8.53. The lowest BCUT2D eigenvalue weighted by Gasteiger charge is -2.41. The lowest BCUT2D eigenvalue weighted by molar-refractivity contribution is 0.104. The van der Waals surface area contributed by atoms with Crippen LogP contribution in [-0.4, -0.2) is 36.6 Å². The summed E-state index contributed by atoms with van der Waals surface area (Å²) >= 11 is 0. The standard InChI is InChI=1S/C19H38N2/c1-5-20-19-11-10-17(15(2)3)13-18(19)14-21-12-8-6-7-9-16(21)4/h15-20H,5-14H2,1-4H3. The van der Waals surface area contributed by atoms with Gasteiger partial charge in [-0.15, -0.1) is 0 Å². The van der Waals surface area contributed by atoms with Gasteiger partial charge in [0.1, 0.15) is 0 Å². The van der Waals surface area contributed by atoms with Crippen LogP contribution in [0.25, 0.3) is 0 Å². The third-order valence-electron chi connectivity index (χ3n) is 6.09. The monoisotopic (exact) mass is 294 g/mol. The van der Waals surface area contributed by atoms with E-state index in [1.54, 1.807) is 0 Å². The van der Waals surface area contributed by atoms with Crippen molar-refractivity contribution in [2.75, 3.05) is 19.6 Å². The molecule has 0 bridgehead atoms. The largest absolute Gasteiger partial charge is 0.314 e. The first-order valence-electron chi connectivity index (χ1n) is 9.59. The Kier molecular flexibility index (Phi) is 7.01. The lowest BCUT2D eigenvalue weighted by Crippen LogP contribution is -2.48. The van der Waals surface area contributed by atoms with Crippen LogP contribution < -0.4 is 5.32 Å². The average molecular weight is 295 g/mol. The summed E-state index contributed by atoms with van der Waals surface area (Å²) in [7, 11) is 0. The molecule has 1 saturated carbocycles. The molecule has 2 rings (SSSR count). The van der Waals surface area contributed by atoms with Crippen molar-refractivity contribution in [1.82, 2.24) is 10.2 Å². The molecule has 0 aromatic rings. The molecule has 1 aliphatic carbocycles. The highest BCUT2D eigenvalue weighted by molar-refractivity contribution is 4.88. The molecule has 1 N–H and O–H groups in total. The van der Waals surface area contributed by atoms with Crippen molar-refractivity contribution in [2.45, 2.75) is 84.7 Å². The van der Waals surface area contributed by atoms with Gasteiger partial charge in [0.25, 0.3) is 0 Å². The van der Waals surface area contributed by atoms with Gasteiger partial charge < -0.3 is 10.2 Å². The summed E-state index contributed by atoms with van der Waals surface area (Å²) in [4.78, 5) is 2.81. The summed E-state index contributed by atoms with van der Waals surface area (Å²) in [6.45, 7) is 13.4. The number of likely N-dealkylation sites (tertiary alicyclic amines) is 1. The minimum Gasteiger partial charge on any atom is -0.314 e. The Morgan fingerprint density at radius 3 is 2.62 bits per heavy atom. The van der Waals surface area contributed by atoms with E-state index in [1.807, 2.05) is 0 Å². The van der Waals surface area contributed by atoms with E-state index in [0.717, 1.165) is 36.4 Å². The number of nitrogens with one attached hydrogen (secondary N) is 1. The minimum atomic E-state index is 0.764. The van der Waals surface area contributed by atoms with Crippen molar-refractivity contribution >= 4 is 0 Å². The van der Waals surface area contributed by atoms with Crippen LogP contribution >= 0.6 is 0 Å². The molecule has 124 valence electrons. The van der Waals surface area contributed by atoms with Crippen LogP contribution in [0.3, 0.4) is 0 Å². The number of nitrogens with zero attached hydrogens (tertiary/aromatic N) is 1. The van der Waals surface area contributed by atoms with Crippen LogP contribution in [0.2, 0.25) is 0 Å². The number of rotatable bonds is 5. The molecule has 2 heteroatoms. The van der Waals surface area contributed by atoms with Gasteiger partial charge in [-0.05, 0) is 69.9 Å². The van der Waals surface area contributed by atoms with Crippen molar-refractivity contribution in [3.63, 3.8) is 0 Å². The maximum Gasteiger partial charge on any atom is 0.0108 e. The molecule has 0 amide bonds. The molecule has 2 nitrogen and oxygen atoms in total. The first-order chi connectivity index (χ1) is 10.1. The van der Waals surface area contributed by atoms with Gasteiger partial charge in [0.15, 0.2) is 0 Å². The van der Waals surface area contributed by atoms with Crippen molar-refractivity contribution in [3.05, 3.63) is 0 Å². The number of hydrogen-bond acceptors (Lipinski definition) is 2. The molecule has 4 unspecified atom stereocenters. The van der Waals surface area contributed by atoms with Crippen molar-refractivity contribution in [1.29, 1.82) is 0 Å². The van der Waals surface area contributed by atoms with Gasteiger partial charge in [-0.25, -0.2) is 0 Å². The molecule has 1 heterocycles. The van der Waals surface area contributed by atoms with E-state index in [1.165, 1.54) is 58.0 Å². The Morgan fingerprint density at radius 1 is 1.10 bits per heavy atom. The van der Waals surface area contributed by atoms with Crippen molar-refractivity contribution < 1.29 is 0 Å². The third kappa shape index (κ3) is 4.96. The van der Waals surface area contributed by atoms with E-state index >= 15 is 0 Å². The van der Waals surface area contributed by atoms with E-state index in [4.69, 9.17) is 0 Å². The Bertz CT molecular complexity index is 289. The summed E-state index contributed by atoms with van der Waals surface area (Å²) in [5.74, 6) is 2.68. The summed E-state index contributed by atoms with van der Waals surface area (Å²) in [5.41, 5.74) is 0. The maximum atomic E-state index is 3.79. The molecule has 0 radical (unpaired) electrons. The fourth-order valence-corrected chi connectivity index (χ4v) is 4.55. The van der Waals surface area contributed by atoms with Crippen molar-refractivity contribution in [2.24, 2.45) is 17.8 Å². The zero-order chi connectivity index (χ0) is 15.2. The van der Waals surface area contributed by atoms with E-state index < -0.39 is 0 Å².